The van der Waals surface area contributed by atoms with Crippen LogP contribution in [0, 0.1) is 11.8 Å². The smallest absolute Gasteiger partial charge is 0.226 e. The van der Waals surface area contributed by atoms with Crippen molar-refractivity contribution in [1.29, 1.82) is 0 Å². The maximum Gasteiger partial charge on any atom is 0.226 e. The Labute approximate surface area is 126 Å². The monoisotopic (exact) mass is 287 g/mol. The third-order valence-electron chi connectivity index (χ3n) is 3.92. The van der Waals surface area contributed by atoms with Crippen molar-refractivity contribution >= 4 is 0 Å². The van der Waals surface area contributed by atoms with Gasteiger partial charge in [-0.15, -0.1) is 0 Å². The third-order valence-corrected chi connectivity index (χ3v) is 3.92. The molecule has 21 heavy (non-hydrogen) atoms. The molecule has 0 radical (unpaired) electrons. The van der Waals surface area contributed by atoms with E-state index in [-0.39, 0.29) is 0 Å². The number of rotatable bonds is 8. The molecule has 2 N–H and O–H groups in total. The average Bonchev–Trinajstić information content (AvgIpc) is 2.92. The van der Waals surface area contributed by atoms with Crippen LogP contribution in [0.5, 0.6) is 0 Å². The Kier molecular flexibility index (Phi) is 5.93. The first-order chi connectivity index (χ1) is 10.2. The zero-order valence-electron chi connectivity index (χ0n) is 13.0. The minimum absolute atomic E-state index is 0.625. The molecule has 0 amide bonds. The lowest BCUT2D eigenvalue weighted by molar-refractivity contribution is 0.313. The van der Waals surface area contributed by atoms with Crippen molar-refractivity contribution in [2.75, 3.05) is 6.54 Å². The van der Waals surface area contributed by atoms with E-state index in [0.717, 1.165) is 43.9 Å². The van der Waals surface area contributed by atoms with Crippen LogP contribution in [0.15, 0.2) is 34.9 Å². The Morgan fingerprint density at radius 3 is 2.57 bits per heavy atom. The van der Waals surface area contributed by atoms with Crippen molar-refractivity contribution in [3.63, 3.8) is 0 Å². The fourth-order valence-electron chi connectivity index (χ4n) is 2.58. The van der Waals surface area contributed by atoms with E-state index in [2.05, 4.69) is 36.1 Å². The lowest BCUT2D eigenvalue weighted by Gasteiger charge is -2.18. The predicted octanol–water partition coefficient (Wildman–Crippen LogP) is 3.21. The first kappa shape index (κ1) is 15.7. The van der Waals surface area contributed by atoms with Gasteiger partial charge in [0.25, 0.3) is 0 Å². The summed E-state index contributed by atoms with van der Waals surface area (Å²) in [6.45, 7) is 5.23. The molecule has 0 aliphatic heterocycles. The summed E-state index contributed by atoms with van der Waals surface area (Å²) >= 11 is 0. The molecule has 0 bridgehead atoms. The van der Waals surface area contributed by atoms with E-state index in [0.29, 0.717) is 11.8 Å². The lowest BCUT2D eigenvalue weighted by atomic mass is 9.88. The molecule has 1 unspecified atom stereocenters. The summed E-state index contributed by atoms with van der Waals surface area (Å²) in [6, 6.07) is 10.2. The van der Waals surface area contributed by atoms with Gasteiger partial charge in [-0.2, -0.15) is 4.98 Å². The third kappa shape index (κ3) is 4.97. The second-order valence-electron chi connectivity index (χ2n) is 5.89. The molecule has 0 aliphatic rings. The standard InChI is InChI=1S/C17H25N3O/c1-13(2)15(10-11-18)8-9-17-19-16(20-21-17)12-14-6-4-3-5-7-14/h3-7,13,15H,8-12,18H2,1-2H3. The normalized spacial score (nSPS) is 12.8. The molecule has 2 rings (SSSR count). The molecular weight excluding hydrogens is 262 g/mol. The lowest BCUT2D eigenvalue weighted by Crippen LogP contribution is -2.15. The van der Waals surface area contributed by atoms with E-state index in [1.807, 2.05) is 18.2 Å². The molecule has 1 heterocycles. The molecule has 2 aromatic rings. The summed E-state index contributed by atoms with van der Waals surface area (Å²) in [5.41, 5.74) is 6.88. The van der Waals surface area contributed by atoms with Crippen molar-refractivity contribution < 1.29 is 4.52 Å². The molecule has 1 atom stereocenters. The van der Waals surface area contributed by atoms with Crippen LogP contribution in [0.2, 0.25) is 0 Å². The molecule has 4 heteroatoms. The number of benzene rings is 1. The largest absolute Gasteiger partial charge is 0.339 e. The SMILES string of the molecule is CC(C)C(CCN)CCc1nc(Cc2ccccc2)no1. The van der Waals surface area contributed by atoms with Crippen LogP contribution in [-0.2, 0) is 12.8 Å². The summed E-state index contributed by atoms with van der Waals surface area (Å²) in [6.07, 6.45) is 3.68. The molecule has 114 valence electrons. The van der Waals surface area contributed by atoms with Crippen LogP contribution in [0.3, 0.4) is 0 Å². The Morgan fingerprint density at radius 2 is 1.90 bits per heavy atom. The Bertz CT molecular complexity index is 522. The van der Waals surface area contributed by atoms with Crippen LogP contribution in [-0.4, -0.2) is 16.7 Å². The fraction of sp³-hybridized carbons (Fsp3) is 0.529. The summed E-state index contributed by atoms with van der Waals surface area (Å²) < 4.78 is 5.35. The van der Waals surface area contributed by atoms with Gasteiger partial charge < -0.3 is 10.3 Å². The fourth-order valence-corrected chi connectivity index (χ4v) is 2.58. The van der Waals surface area contributed by atoms with Gasteiger partial charge in [0.1, 0.15) is 0 Å². The summed E-state index contributed by atoms with van der Waals surface area (Å²) in [5.74, 6) is 2.76. The van der Waals surface area contributed by atoms with Crippen LogP contribution < -0.4 is 5.73 Å². The van der Waals surface area contributed by atoms with Gasteiger partial charge in [-0.1, -0.05) is 49.3 Å². The van der Waals surface area contributed by atoms with Crippen LogP contribution in [0.1, 0.15) is 44.0 Å². The van der Waals surface area contributed by atoms with Crippen molar-refractivity contribution in [3.05, 3.63) is 47.6 Å². The Balaban J connectivity index is 1.88. The van der Waals surface area contributed by atoms with Gasteiger partial charge in [-0.05, 0) is 36.8 Å². The van der Waals surface area contributed by atoms with E-state index in [4.69, 9.17) is 10.3 Å². The molecular formula is C17H25N3O. The van der Waals surface area contributed by atoms with E-state index in [1.165, 1.54) is 5.56 Å². The molecule has 0 spiro atoms. The minimum atomic E-state index is 0.625. The zero-order chi connectivity index (χ0) is 15.1. The van der Waals surface area contributed by atoms with Gasteiger partial charge in [0.15, 0.2) is 5.82 Å². The van der Waals surface area contributed by atoms with Gasteiger partial charge in [-0.3, -0.25) is 0 Å². The van der Waals surface area contributed by atoms with Gasteiger partial charge in [-0.25, -0.2) is 0 Å². The number of aryl methyl sites for hydroxylation is 1. The van der Waals surface area contributed by atoms with Gasteiger partial charge >= 0.3 is 0 Å². The minimum Gasteiger partial charge on any atom is -0.339 e. The number of hydrogen-bond acceptors (Lipinski definition) is 4. The average molecular weight is 287 g/mol. The summed E-state index contributed by atoms with van der Waals surface area (Å²) in [7, 11) is 0. The highest BCUT2D eigenvalue weighted by atomic mass is 16.5. The van der Waals surface area contributed by atoms with E-state index < -0.39 is 0 Å². The van der Waals surface area contributed by atoms with Gasteiger partial charge in [0.2, 0.25) is 5.89 Å². The van der Waals surface area contributed by atoms with E-state index in [9.17, 15) is 0 Å². The topological polar surface area (TPSA) is 64.9 Å². The van der Waals surface area contributed by atoms with Crippen LogP contribution in [0.25, 0.3) is 0 Å². The van der Waals surface area contributed by atoms with Gasteiger partial charge in [0.05, 0.1) is 0 Å². The van der Waals surface area contributed by atoms with Crippen molar-refractivity contribution in [1.82, 2.24) is 10.1 Å². The highest BCUT2D eigenvalue weighted by molar-refractivity contribution is 5.18. The second-order valence-corrected chi connectivity index (χ2v) is 5.89. The molecule has 1 aromatic carbocycles. The number of aromatic nitrogens is 2. The molecule has 0 fully saturated rings. The highest BCUT2D eigenvalue weighted by Crippen LogP contribution is 2.20. The quantitative estimate of drug-likeness (QED) is 0.809. The maximum atomic E-state index is 5.67. The zero-order valence-corrected chi connectivity index (χ0v) is 13.0. The highest BCUT2D eigenvalue weighted by Gasteiger charge is 2.15. The van der Waals surface area contributed by atoms with Crippen LogP contribution >= 0.6 is 0 Å². The predicted molar refractivity (Wildman–Crippen MR) is 83.9 cm³/mol. The molecule has 1 aromatic heterocycles. The first-order valence-electron chi connectivity index (χ1n) is 7.74. The van der Waals surface area contributed by atoms with Crippen molar-refractivity contribution in [2.45, 2.75) is 39.5 Å². The van der Waals surface area contributed by atoms with Crippen molar-refractivity contribution in [2.24, 2.45) is 17.6 Å². The summed E-state index contributed by atoms with van der Waals surface area (Å²) in [5, 5.41) is 4.07. The second kappa shape index (κ2) is 7.93. The first-order valence-corrected chi connectivity index (χ1v) is 7.74. The number of nitrogens with two attached hydrogens (primary N) is 1. The van der Waals surface area contributed by atoms with E-state index >= 15 is 0 Å². The van der Waals surface area contributed by atoms with Crippen LogP contribution in [0.4, 0.5) is 0 Å². The molecule has 0 saturated carbocycles. The Hall–Kier alpha value is -1.68. The van der Waals surface area contributed by atoms with Crippen molar-refractivity contribution in [3.8, 4) is 0 Å². The molecule has 0 aliphatic carbocycles. The molecule has 0 saturated heterocycles. The maximum absolute atomic E-state index is 5.67. The number of hydrogen-bond donors (Lipinski definition) is 1. The molecule has 4 nitrogen and oxygen atoms in total. The summed E-state index contributed by atoms with van der Waals surface area (Å²) in [4.78, 5) is 4.49. The van der Waals surface area contributed by atoms with E-state index in [1.54, 1.807) is 0 Å². The Morgan fingerprint density at radius 1 is 1.14 bits per heavy atom. The number of nitrogens with zero attached hydrogens (tertiary/aromatic N) is 2. The van der Waals surface area contributed by atoms with Gasteiger partial charge in [0, 0.05) is 12.8 Å².